The van der Waals surface area contributed by atoms with Gasteiger partial charge in [-0.15, -0.1) is 11.3 Å². The van der Waals surface area contributed by atoms with Crippen LogP contribution in [0.1, 0.15) is 22.2 Å². The van der Waals surface area contributed by atoms with Crippen molar-refractivity contribution >= 4 is 21.6 Å². The van der Waals surface area contributed by atoms with Crippen molar-refractivity contribution in [1.82, 2.24) is 15.0 Å². The molecule has 0 aliphatic heterocycles. The number of halogens is 1. The van der Waals surface area contributed by atoms with Gasteiger partial charge in [-0.2, -0.15) is 0 Å². The molecule has 6 nitrogen and oxygen atoms in total. The van der Waals surface area contributed by atoms with Crippen molar-refractivity contribution in [2.75, 3.05) is 7.11 Å². The number of methoxy groups -OCH3 is 1. The van der Waals surface area contributed by atoms with Gasteiger partial charge in [0.15, 0.2) is 5.82 Å². The molecule has 0 spiro atoms. The van der Waals surface area contributed by atoms with Crippen LogP contribution in [0.2, 0.25) is 0 Å². The van der Waals surface area contributed by atoms with Gasteiger partial charge >= 0.3 is 0 Å². The van der Waals surface area contributed by atoms with E-state index in [-0.39, 0.29) is 11.9 Å². The highest BCUT2D eigenvalue weighted by atomic mass is 32.1. The molecule has 8 heteroatoms. The van der Waals surface area contributed by atoms with Gasteiger partial charge < -0.3 is 16.2 Å². The smallest absolute Gasteiger partial charge is 0.160 e. The van der Waals surface area contributed by atoms with Gasteiger partial charge in [0.25, 0.3) is 0 Å². The number of aromatic nitrogens is 3. The number of hydrogen-bond donors (Lipinski definition) is 2. The van der Waals surface area contributed by atoms with Crippen molar-refractivity contribution < 1.29 is 9.13 Å². The second-order valence-electron chi connectivity index (χ2n) is 8.60. The zero-order valence-electron chi connectivity index (χ0n) is 20.0. The zero-order chi connectivity index (χ0) is 25.2. The lowest BCUT2D eigenvalue weighted by molar-refractivity contribution is 0.415. The van der Waals surface area contributed by atoms with Crippen LogP contribution in [0.15, 0.2) is 73.1 Å². The highest BCUT2D eigenvalue weighted by molar-refractivity contribution is 7.19. The van der Waals surface area contributed by atoms with Gasteiger partial charge in [0.2, 0.25) is 0 Å². The topological polar surface area (TPSA) is 99.9 Å². The molecule has 0 aliphatic rings. The molecule has 0 saturated heterocycles. The maximum absolute atomic E-state index is 14.3. The maximum Gasteiger partial charge on any atom is 0.160 e. The molecule has 0 aliphatic carbocycles. The molecule has 2 atom stereocenters. The average molecular weight is 500 g/mol. The molecule has 0 amide bonds. The highest BCUT2D eigenvalue weighted by Crippen LogP contribution is 2.44. The third kappa shape index (κ3) is 4.58. The molecule has 0 bridgehead atoms. The molecule has 5 aromatic rings. The quantitative estimate of drug-likeness (QED) is 0.309. The van der Waals surface area contributed by atoms with E-state index in [1.807, 2.05) is 49.4 Å². The summed E-state index contributed by atoms with van der Waals surface area (Å²) in [7, 11) is 1.57. The van der Waals surface area contributed by atoms with E-state index in [1.165, 1.54) is 23.5 Å². The standard InChI is InChI=1S/C28H26FN5OS/c1-16-23(20-15-19(29)8-9-22(20)35-2)25-27(36-16)26(34-28(33-25)18-10-12-32-13-11-18)24(31)21(30)14-17-6-4-3-5-7-17/h3-13,15,21,24H,14,30-31H2,1-2H3. The Morgan fingerprint density at radius 1 is 1.00 bits per heavy atom. The van der Waals surface area contributed by atoms with Crippen molar-refractivity contribution in [3.05, 3.63) is 95.0 Å². The van der Waals surface area contributed by atoms with Gasteiger partial charge in [0, 0.05) is 40.0 Å². The third-order valence-corrected chi connectivity index (χ3v) is 7.31. The summed E-state index contributed by atoms with van der Waals surface area (Å²) >= 11 is 1.53. The Bertz CT molecular complexity index is 1510. The van der Waals surface area contributed by atoms with E-state index in [0.29, 0.717) is 34.8 Å². The van der Waals surface area contributed by atoms with Crippen molar-refractivity contribution in [3.63, 3.8) is 0 Å². The Kier molecular flexibility index (Phi) is 6.73. The van der Waals surface area contributed by atoms with E-state index in [9.17, 15) is 4.39 Å². The molecule has 0 saturated carbocycles. The molecular formula is C28H26FN5OS. The number of thiophene rings is 1. The Hall–Kier alpha value is -3.72. The Balaban J connectivity index is 1.71. The summed E-state index contributed by atoms with van der Waals surface area (Å²) in [6.07, 6.45) is 3.99. The largest absolute Gasteiger partial charge is 0.496 e. The minimum Gasteiger partial charge on any atom is -0.496 e. The molecule has 36 heavy (non-hydrogen) atoms. The molecule has 2 aromatic carbocycles. The van der Waals surface area contributed by atoms with Crippen molar-refractivity contribution in [1.29, 1.82) is 0 Å². The van der Waals surface area contributed by atoms with Crippen LogP contribution in [0.5, 0.6) is 5.75 Å². The van der Waals surface area contributed by atoms with Crippen molar-refractivity contribution in [2.24, 2.45) is 11.5 Å². The number of pyridine rings is 1. The number of rotatable bonds is 7. The van der Waals surface area contributed by atoms with Crippen LogP contribution in [0.4, 0.5) is 4.39 Å². The van der Waals surface area contributed by atoms with Crippen LogP contribution in [-0.2, 0) is 6.42 Å². The minimum absolute atomic E-state index is 0.352. The van der Waals surface area contributed by atoms with Crippen LogP contribution in [-0.4, -0.2) is 28.1 Å². The summed E-state index contributed by atoms with van der Waals surface area (Å²) in [5.41, 5.74) is 18.1. The average Bonchev–Trinajstić information content (AvgIpc) is 3.24. The van der Waals surface area contributed by atoms with Gasteiger partial charge in [-0.05, 0) is 49.2 Å². The number of aryl methyl sites for hydroxylation is 1. The fraction of sp³-hybridized carbons (Fsp3) is 0.179. The Morgan fingerprint density at radius 2 is 1.75 bits per heavy atom. The second-order valence-corrected chi connectivity index (χ2v) is 9.83. The van der Waals surface area contributed by atoms with E-state index in [1.54, 1.807) is 25.6 Å². The molecule has 182 valence electrons. The Labute approximate surface area is 212 Å². The fourth-order valence-electron chi connectivity index (χ4n) is 4.37. The van der Waals surface area contributed by atoms with Crippen LogP contribution in [0, 0.1) is 12.7 Å². The summed E-state index contributed by atoms with van der Waals surface area (Å²) < 4.78 is 20.7. The summed E-state index contributed by atoms with van der Waals surface area (Å²) in [5, 5.41) is 0. The van der Waals surface area contributed by atoms with Gasteiger partial charge in [-0.25, -0.2) is 14.4 Å². The van der Waals surface area contributed by atoms with Crippen LogP contribution in [0.25, 0.3) is 32.7 Å². The van der Waals surface area contributed by atoms with Gasteiger partial charge in [0.05, 0.1) is 29.1 Å². The lowest BCUT2D eigenvalue weighted by atomic mass is 9.97. The summed E-state index contributed by atoms with van der Waals surface area (Å²) in [4.78, 5) is 14.9. The number of nitrogens with zero attached hydrogens (tertiary/aromatic N) is 3. The number of benzene rings is 2. The van der Waals surface area contributed by atoms with Crippen LogP contribution in [0.3, 0.4) is 0 Å². The summed E-state index contributed by atoms with van der Waals surface area (Å²) in [6.45, 7) is 1.98. The third-order valence-electron chi connectivity index (χ3n) is 6.20. The lowest BCUT2D eigenvalue weighted by Gasteiger charge is -2.21. The summed E-state index contributed by atoms with van der Waals surface area (Å²) in [5.74, 6) is 0.723. The molecule has 5 rings (SSSR count). The Morgan fingerprint density at radius 3 is 2.47 bits per heavy atom. The first-order valence-electron chi connectivity index (χ1n) is 11.6. The highest BCUT2D eigenvalue weighted by Gasteiger charge is 2.26. The number of hydrogen-bond acceptors (Lipinski definition) is 7. The normalized spacial score (nSPS) is 13.0. The first kappa shape index (κ1) is 24.0. The van der Waals surface area contributed by atoms with Gasteiger partial charge in [0.1, 0.15) is 11.6 Å². The predicted molar refractivity (Wildman–Crippen MR) is 142 cm³/mol. The molecule has 4 N–H and O–H groups in total. The van der Waals surface area contributed by atoms with Crippen LogP contribution >= 0.6 is 11.3 Å². The van der Waals surface area contributed by atoms with E-state index < -0.39 is 6.04 Å². The number of fused-ring (bicyclic) bond motifs is 1. The molecule has 0 radical (unpaired) electrons. The molecule has 3 heterocycles. The minimum atomic E-state index is -0.545. The van der Waals surface area contributed by atoms with Crippen molar-refractivity contribution in [3.8, 4) is 28.3 Å². The maximum atomic E-state index is 14.3. The first-order chi connectivity index (χ1) is 17.5. The monoisotopic (exact) mass is 499 g/mol. The first-order valence-corrected chi connectivity index (χ1v) is 12.4. The second kappa shape index (κ2) is 10.1. The zero-order valence-corrected chi connectivity index (χ0v) is 20.8. The SMILES string of the molecule is COc1ccc(F)cc1-c1c(C)sc2c(C(N)C(N)Cc3ccccc3)nc(-c3ccncc3)nc12. The predicted octanol–water partition coefficient (Wildman–Crippen LogP) is 5.45. The molecule has 3 aromatic heterocycles. The van der Waals surface area contributed by atoms with Gasteiger partial charge in [-0.3, -0.25) is 4.98 Å². The van der Waals surface area contributed by atoms with E-state index >= 15 is 0 Å². The van der Waals surface area contributed by atoms with Gasteiger partial charge in [-0.1, -0.05) is 30.3 Å². The molecular weight excluding hydrogens is 473 g/mol. The van der Waals surface area contributed by atoms with Crippen molar-refractivity contribution in [2.45, 2.75) is 25.4 Å². The fourth-order valence-corrected chi connectivity index (χ4v) is 5.52. The van der Waals surface area contributed by atoms with E-state index in [0.717, 1.165) is 26.3 Å². The van der Waals surface area contributed by atoms with Crippen LogP contribution < -0.4 is 16.2 Å². The number of nitrogens with two attached hydrogens (primary N) is 2. The molecule has 2 unspecified atom stereocenters. The lowest BCUT2D eigenvalue weighted by Crippen LogP contribution is -2.36. The van der Waals surface area contributed by atoms with E-state index in [2.05, 4.69) is 4.98 Å². The van der Waals surface area contributed by atoms with E-state index in [4.69, 9.17) is 26.2 Å². The number of ether oxygens (including phenoxy) is 1. The summed E-state index contributed by atoms with van der Waals surface area (Å²) in [6, 6.07) is 17.3. The molecule has 0 fully saturated rings.